The third-order valence-corrected chi connectivity index (χ3v) is 2.75. The van der Waals surface area contributed by atoms with Gasteiger partial charge in [0.05, 0.1) is 11.6 Å². The summed E-state index contributed by atoms with van der Waals surface area (Å²) in [5, 5.41) is 10.4. The molecule has 1 atom stereocenters. The standard InChI is InChI=1S/C12H14N2O3.C2H6/c1-17-10(6-13)7-2-4-9(15)12-8(7)3-5-11(16)14-12;1-2/h2-5,10,15H,6,13H2,1H3,(H,14,16);1-2H3. The van der Waals surface area contributed by atoms with Crippen LogP contribution in [0.3, 0.4) is 0 Å². The Bertz CT molecular complexity index is 589. The molecule has 1 unspecified atom stereocenters. The first kappa shape index (κ1) is 15.2. The Morgan fingerprint density at radius 1 is 1.32 bits per heavy atom. The van der Waals surface area contributed by atoms with Crippen molar-refractivity contribution in [2.45, 2.75) is 20.0 Å². The number of pyridine rings is 1. The lowest BCUT2D eigenvalue weighted by atomic mass is 10.0. The first-order valence-corrected chi connectivity index (χ1v) is 6.25. The molecule has 1 heterocycles. The van der Waals surface area contributed by atoms with E-state index >= 15 is 0 Å². The van der Waals surface area contributed by atoms with Gasteiger partial charge in [0.15, 0.2) is 0 Å². The van der Waals surface area contributed by atoms with Crippen LogP contribution in [0, 0.1) is 0 Å². The van der Waals surface area contributed by atoms with Crippen LogP contribution in [0.25, 0.3) is 10.9 Å². The van der Waals surface area contributed by atoms with Gasteiger partial charge in [-0.25, -0.2) is 0 Å². The van der Waals surface area contributed by atoms with E-state index in [0.717, 1.165) is 10.9 Å². The predicted molar refractivity (Wildman–Crippen MR) is 76.4 cm³/mol. The minimum atomic E-state index is -0.260. The highest BCUT2D eigenvalue weighted by atomic mass is 16.5. The number of phenolic OH excluding ortho intramolecular Hbond substituents is 1. The maximum absolute atomic E-state index is 11.2. The van der Waals surface area contributed by atoms with Crippen molar-refractivity contribution in [1.29, 1.82) is 0 Å². The van der Waals surface area contributed by atoms with Gasteiger partial charge in [-0.15, -0.1) is 0 Å². The Kier molecular flexibility index (Phi) is 5.54. The van der Waals surface area contributed by atoms with Gasteiger partial charge >= 0.3 is 0 Å². The second-order valence-corrected chi connectivity index (χ2v) is 3.75. The number of aromatic nitrogens is 1. The molecular weight excluding hydrogens is 244 g/mol. The Hall–Kier alpha value is -1.85. The van der Waals surface area contributed by atoms with Crippen LogP contribution in [0.2, 0.25) is 0 Å². The highest BCUT2D eigenvalue weighted by Crippen LogP contribution is 2.29. The monoisotopic (exact) mass is 264 g/mol. The predicted octanol–water partition coefficient (Wildman–Crippen LogP) is 1.91. The lowest BCUT2D eigenvalue weighted by Gasteiger charge is -2.16. The van der Waals surface area contributed by atoms with Crippen molar-refractivity contribution in [3.8, 4) is 5.75 Å². The van der Waals surface area contributed by atoms with Crippen molar-refractivity contribution in [2.24, 2.45) is 5.73 Å². The number of nitrogens with one attached hydrogen (secondary N) is 1. The number of phenols is 1. The second-order valence-electron chi connectivity index (χ2n) is 3.75. The summed E-state index contributed by atoms with van der Waals surface area (Å²) in [5.74, 6) is 0.0355. The highest BCUT2D eigenvalue weighted by Gasteiger charge is 2.14. The molecule has 1 aromatic carbocycles. The Morgan fingerprint density at radius 3 is 2.58 bits per heavy atom. The lowest BCUT2D eigenvalue weighted by Crippen LogP contribution is -2.15. The molecule has 0 fully saturated rings. The highest BCUT2D eigenvalue weighted by molar-refractivity contribution is 5.87. The molecule has 0 radical (unpaired) electrons. The zero-order valence-corrected chi connectivity index (χ0v) is 11.4. The lowest BCUT2D eigenvalue weighted by molar-refractivity contribution is 0.111. The number of benzene rings is 1. The fourth-order valence-electron chi connectivity index (χ4n) is 1.89. The molecule has 5 nitrogen and oxygen atoms in total. The van der Waals surface area contributed by atoms with Crippen LogP contribution in [-0.2, 0) is 4.74 Å². The molecule has 0 bridgehead atoms. The smallest absolute Gasteiger partial charge is 0.248 e. The second kappa shape index (κ2) is 6.92. The molecule has 0 spiro atoms. The maximum Gasteiger partial charge on any atom is 0.248 e. The van der Waals surface area contributed by atoms with Crippen molar-refractivity contribution < 1.29 is 9.84 Å². The first-order valence-electron chi connectivity index (χ1n) is 6.25. The molecule has 0 saturated carbocycles. The maximum atomic E-state index is 11.2. The fraction of sp³-hybridized carbons (Fsp3) is 0.357. The summed E-state index contributed by atoms with van der Waals surface area (Å²) < 4.78 is 5.27. The SMILES string of the molecule is CC.COC(CN)c1ccc(O)c2[nH]c(=O)ccc12. The summed E-state index contributed by atoms with van der Waals surface area (Å²) in [7, 11) is 1.57. The Morgan fingerprint density at radius 2 is 2.00 bits per heavy atom. The fourth-order valence-corrected chi connectivity index (χ4v) is 1.89. The molecular formula is C14H20N2O3. The van der Waals surface area contributed by atoms with Gasteiger partial charge in [0.1, 0.15) is 5.75 Å². The number of aromatic hydroxyl groups is 1. The number of rotatable bonds is 3. The number of aromatic amines is 1. The molecule has 0 aliphatic rings. The van der Waals surface area contributed by atoms with Gasteiger partial charge in [-0.3, -0.25) is 4.79 Å². The molecule has 1 aromatic heterocycles. The normalized spacial score (nSPS) is 11.8. The Balaban J connectivity index is 0.000000861. The van der Waals surface area contributed by atoms with Crippen LogP contribution in [0.1, 0.15) is 25.5 Å². The zero-order valence-electron chi connectivity index (χ0n) is 11.4. The van der Waals surface area contributed by atoms with Crippen molar-refractivity contribution >= 4 is 10.9 Å². The summed E-state index contributed by atoms with van der Waals surface area (Å²) >= 11 is 0. The minimum absolute atomic E-state index is 0.0355. The number of hydrogen-bond donors (Lipinski definition) is 3. The number of H-pyrrole nitrogens is 1. The van der Waals surface area contributed by atoms with Gasteiger partial charge in [0.25, 0.3) is 0 Å². The van der Waals surface area contributed by atoms with Crippen molar-refractivity contribution in [2.75, 3.05) is 13.7 Å². The van der Waals surface area contributed by atoms with E-state index in [4.69, 9.17) is 10.5 Å². The zero-order chi connectivity index (χ0) is 14.4. The number of ether oxygens (including phenoxy) is 1. The summed E-state index contributed by atoms with van der Waals surface area (Å²) in [6.45, 7) is 4.33. The van der Waals surface area contributed by atoms with Crippen molar-refractivity contribution in [3.05, 3.63) is 40.2 Å². The van der Waals surface area contributed by atoms with Crippen LogP contribution in [-0.4, -0.2) is 23.7 Å². The summed E-state index contributed by atoms with van der Waals surface area (Å²) in [6.07, 6.45) is -0.260. The topological polar surface area (TPSA) is 88.3 Å². The van der Waals surface area contributed by atoms with E-state index in [1.165, 1.54) is 12.1 Å². The molecule has 104 valence electrons. The van der Waals surface area contributed by atoms with Crippen LogP contribution in [0.15, 0.2) is 29.1 Å². The van der Waals surface area contributed by atoms with Crippen LogP contribution in [0.4, 0.5) is 0 Å². The number of nitrogens with two attached hydrogens (primary N) is 1. The van der Waals surface area contributed by atoms with Gasteiger partial charge in [-0.2, -0.15) is 0 Å². The number of hydrogen-bond acceptors (Lipinski definition) is 4. The summed E-state index contributed by atoms with van der Waals surface area (Å²) in [5.41, 5.74) is 6.61. The third-order valence-electron chi connectivity index (χ3n) is 2.75. The summed E-state index contributed by atoms with van der Waals surface area (Å²) in [6, 6.07) is 6.34. The molecule has 0 amide bonds. The van der Waals surface area contributed by atoms with Gasteiger partial charge in [0, 0.05) is 25.1 Å². The Labute approximate surface area is 112 Å². The molecule has 2 aromatic rings. The summed E-state index contributed by atoms with van der Waals surface area (Å²) in [4.78, 5) is 13.8. The average molecular weight is 264 g/mol. The first-order chi connectivity index (χ1) is 9.17. The van der Waals surface area contributed by atoms with Crippen molar-refractivity contribution in [1.82, 2.24) is 4.98 Å². The molecule has 0 aliphatic carbocycles. The van der Waals surface area contributed by atoms with Gasteiger partial charge in [0.2, 0.25) is 5.56 Å². The van der Waals surface area contributed by atoms with E-state index in [-0.39, 0.29) is 17.4 Å². The van der Waals surface area contributed by atoms with Crippen LogP contribution >= 0.6 is 0 Å². The van der Waals surface area contributed by atoms with Gasteiger partial charge in [-0.1, -0.05) is 19.9 Å². The molecule has 0 aliphatic heterocycles. The third kappa shape index (κ3) is 3.13. The van der Waals surface area contributed by atoms with E-state index in [1.54, 1.807) is 19.2 Å². The van der Waals surface area contributed by atoms with E-state index in [2.05, 4.69) is 4.98 Å². The largest absolute Gasteiger partial charge is 0.506 e. The van der Waals surface area contributed by atoms with E-state index in [0.29, 0.717) is 12.1 Å². The molecule has 4 N–H and O–H groups in total. The number of fused-ring (bicyclic) bond motifs is 1. The quantitative estimate of drug-likeness (QED) is 0.790. The van der Waals surface area contributed by atoms with Gasteiger partial charge in [-0.05, 0) is 17.7 Å². The van der Waals surface area contributed by atoms with E-state index in [9.17, 15) is 9.90 Å². The van der Waals surface area contributed by atoms with Crippen LogP contribution < -0.4 is 11.3 Å². The number of methoxy groups -OCH3 is 1. The molecule has 19 heavy (non-hydrogen) atoms. The van der Waals surface area contributed by atoms with E-state index in [1.807, 2.05) is 13.8 Å². The molecule has 2 rings (SSSR count). The average Bonchev–Trinajstić information content (AvgIpc) is 2.45. The van der Waals surface area contributed by atoms with Crippen molar-refractivity contribution in [3.63, 3.8) is 0 Å². The molecule has 0 saturated heterocycles. The molecule has 5 heteroatoms. The van der Waals surface area contributed by atoms with Crippen LogP contribution in [0.5, 0.6) is 5.75 Å². The van der Waals surface area contributed by atoms with E-state index < -0.39 is 0 Å². The minimum Gasteiger partial charge on any atom is -0.506 e. The van der Waals surface area contributed by atoms with Gasteiger partial charge < -0.3 is 20.6 Å².